The van der Waals surface area contributed by atoms with E-state index >= 15 is 0 Å². The molecule has 0 unspecified atom stereocenters. The van der Waals surface area contributed by atoms with Gasteiger partial charge in [0.05, 0.1) is 0 Å². The number of rotatable bonds is 2. The molecule has 0 amide bonds. The molecule has 0 saturated heterocycles. The van der Waals surface area contributed by atoms with Gasteiger partial charge in [0, 0.05) is 0 Å². The van der Waals surface area contributed by atoms with E-state index in [1.807, 2.05) is 0 Å². The van der Waals surface area contributed by atoms with Gasteiger partial charge < -0.3 is 0 Å². The second-order valence-electron chi connectivity index (χ2n) is 4.00. The minimum atomic E-state index is -2.51. The Balaban J connectivity index is 2.58. The molecule has 2 aromatic rings. The molecule has 0 atom stereocenters. The van der Waals surface area contributed by atoms with E-state index in [4.69, 9.17) is 0 Å². The van der Waals surface area contributed by atoms with Crippen LogP contribution in [0, 0.1) is 13.8 Å². The maximum absolute atomic E-state index is 4.01. The van der Waals surface area contributed by atoms with Gasteiger partial charge in [-0.15, -0.1) is 0 Å². The van der Waals surface area contributed by atoms with Crippen LogP contribution in [0.5, 0.6) is 0 Å². The van der Waals surface area contributed by atoms with Gasteiger partial charge in [0.25, 0.3) is 0 Å². The molecule has 0 aliphatic heterocycles. The second-order valence-corrected chi connectivity index (χ2v) is 28.0. The standard InChI is InChI=1S/C14H14Br2Te/c1-11-7-3-5-9-13(11)17(15,16)14-10-6-4-8-12(14)2/h3-10H,1-2H3. The van der Waals surface area contributed by atoms with Crippen molar-refractivity contribution in [2.24, 2.45) is 0 Å². The van der Waals surface area contributed by atoms with Gasteiger partial charge in [-0.05, 0) is 0 Å². The van der Waals surface area contributed by atoms with E-state index in [0.717, 1.165) is 0 Å². The van der Waals surface area contributed by atoms with Crippen molar-refractivity contribution in [2.45, 2.75) is 13.8 Å². The predicted molar refractivity (Wildman–Crippen MR) is 85.2 cm³/mol. The van der Waals surface area contributed by atoms with Gasteiger partial charge in [-0.3, -0.25) is 0 Å². The Kier molecular flexibility index (Phi) is 4.36. The van der Waals surface area contributed by atoms with Gasteiger partial charge in [-0.1, -0.05) is 0 Å². The molecule has 0 nitrogen and oxygen atoms in total. The molecule has 0 N–H and O–H groups in total. The summed E-state index contributed by atoms with van der Waals surface area (Å²) in [6.07, 6.45) is 0. The molecule has 0 spiro atoms. The topological polar surface area (TPSA) is 0 Å². The van der Waals surface area contributed by atoms with Gasteiger partial charge in [0.15, 0.2) is 0 Å². The molecular formula is C14H14Br2Te. The fourth-order valence-corrected chi connectivity index (χ4v) is 16.4. The van der Waals surface area contributed by atoms with Crippen LogP contribution < -0.4 is 7.22 Å². The first-order valence-corrected chi connectivity index (χ1v) is 18.2. The summed E-state index contributed by atoms with van der Waals surface area (Å²) in [5, 5.41) is 0. The van der Waals surface area contributed by atoms with Crippen molar-refractivity contribution in [3.63, 3.8) is 0 Å². The third-order valence-electron chi connectivity index (χ3n) is 2.74. The molecule has 0 saturated carbocycles. The van der Waals surface area contributed by atoms with Gasteiger partial charge in [0.2, 0.25) is 0 Å². The van der Waals surface area contributed by atoms with Gasteiger partial charge in [0.1, 0.15) is 0 Å². The summed E-state index contributed by atoms with van der Waals surface area (Å²) in [6, 6.07) is 17.2. The molecule has 2 rings (SSSR count). The molecule has 0 radical (unpaired) electrons. The SMILES string of the molecule is Cc1ccccc1[Te](Br)(Br)c1ccccc1C. The van der Waals surface area contributed by atoms with Crippen LogP contribution in [0.1, 0.15) is 11.1 Å². The van der Waals surface area contributed by atoms with Gasteiger partial charge in [-0.25, -0.2) is 0 Å². The zero-order valence-corrected chi connectivity index (χ0v) is 15.3. The first kappa shape index (κ1) is 13.6. The predicted octanol–water partition coefficient (Wildman–Crippen LogP) is 3.65. The Hall–Kier alpha value is 0.190. The van der Waals surface area contributed by atoms with Crippen LogP contribution in [0.15, 0.2) is 48.5 Å². The summed E-state index contributed by atoms with van der Waals surface area (Å²) in [4.78, 5) is 0. The number of halogens is 2. The average Bonchev–Trinajstić information content (AvgIpc) is 2.29. The normalized spacial score (nSPS) is 12.5. The van der Waals surface area contributed by atoms with Crippen LogP contribution in [0.4, 0.5) is 0 Å². The average molecular weight is 470 g/mol. The summed E-state index contributed by atoms with van der Waals surface area (Å²) >= 11 is 5.50. The fourth-order valence-electron chi connectivity index (χ4n) is 1.81. The summed E-state index contributed by atoms with van der Waals surface area (Å²) in [5.41, 5.74) is 2.71. The van der Waals surface area contributed by atoms with E-state index in [1.54, 1.807) is 0 Å². The van der Waals surface area contributed by atoms with Crippen molar-refractivity contribution >= 4 is 46.5 Å². The Labute approximate surface area is 119 Å². The Bertz CT molecular complexity index is 488. The molecule has 0 aliphatic carbocycles. The number of hydrogen-bond donors (Lipinski definition) is 0. The summed E-state index contributed by atoms with van der Waals surface area (Å²) in [5.74, 6) is 0. The summed E-state index contributed by atoms with van der Waals surface area (Å²) in [7, 11) is 0. The van der Waals surface area contributed by atoms with E-state index in [0.29, 0.717) is 0 Å². The van der Waals surface area contributed by atoms with Crippen LogP contribution in [0.25, 0.3) is 0 Å². The van der Waals surface area contributed by atoms with E-state index < -0.39 is 13.8 Å². The summed E-state index contributed by atoms with van der Waals surface area (Å²) < 4.78 is 2.87. The van der Waals surface area contributed by atoms with Crippen LogP contribution in [0.2, 0.25) is 0 Å². The third-order valence-corrected chi connectivity index (χ3v) is 17.9. The Morgan fingerprint density at radius 1 is 0.706 bits per heavy atom. The zero-order chi connectivity index (χ0) is 12.5. The number of hydrogen-bond acceptors (Lipinski definition) is 0. The van der Waals surface area contributed by atoms with Crippen molar-refractivity contribution in [3.8, 4) is 0 Å². The summed E-state index contributed by atoms with van der Waals surface area (Å²) in [6.45, 7) is 4.35. The quantitative estimate of drug-likeness (QED) is 0.589. The number of benzene rings is 2. The maximum atomic E-state index is 4.01. The molecule has 3 heteroatoms. The second kappa shape index (κ2) is 5.45. The molecule has 17 heavy (non-hydrogen) atoms. The Morgan fingerprint density at radius 2 is 1.06 bits per heavy atom. The third kappa shape index (κ3) is 2.79. The van der Waals surface area contributed by atoms with Crippen LogP contribution in [-0.4, -0.2) is 13.8 Å². The van der Waals surface area contributed by atoms with Crippen molar-refractivity contribution in [1.29, 1.82) is 0 Å². The van der Waals surface area contributed by atoms with E-state index in [-0.39, 0.29) is 0 Å². The van der Waals surface area contributed by atoms with E-state index in [1.165, 1.54) is 18.3 Å². The van der Waals surface area contributed by atoms with Crippen molar-refractivity contribution in [3.05, 3.63) is 59.7 Å². The van der Waals surface area contributed by atoms with Crippen LogP contribution >= 0.6 is 25.5 Å². The molecule has 0 bridgehead atoms. The molecule has 0 fully saturated rings. The van der Waals surface area contributed by atoms with E-state index in [9.17, 15) is 0 Å². The zero-order valence-electron chi connectivity index (χ0n) is 9.78. The molecule has 2 aromatic carbocycles. The molecule has 90 valence electrons. The minimum absolute atomic E-state index is 1.35. The van der Waals surface area contributed by atoms with Crippen molar-refractivity contribution in [2.75, 3.05) is 0 Å². The van der Waals surface area contributed by atoms with Crippen molar-refractivity contribution < 1.29 is 0 Å². The van der Waals surface area contributed by atoms with Crippen molar-refractivity contribution in [1.82, 2.24) is 0 Å². The Morgan fingerprint density at radius 3 is 1.41 bits per heavy atom. The van der Waals surface area contributed by atoms with Crippen LogP contribution in [-0.2, 0) is 0 Å². The molecule has 0 heterocycles. The molecule has 0 aromatic heterocycles. The first-order chi connectivity index (χ1) is 8.03. The first-order valence-electron chi connectivity index (χ1n) is 5.37. The fraction of sp³-hybridized carbons (Fsp3) is 0.143. The van der Waals surface area contributed by atoms with Gasteiger partial charge >= 0.3 is 120 Å². The van der Waals surface area contributed by atoms with Crippen LogP contribution in [0.3, 0.4) is 0 Å². The molecule has 0 aliphatic rings. The number of aryl methyl sites for hydroxylation is 2. The van der Waals surface area contributed by atoms with Gasteiger partial charge in [-0.2, -0.15) is 0 Å². The monoisotopic (exact) mass is 470 g/mol. The molecular weight excluding hydrogens is 456 g/mol. The van der Waals surface area contributed by atoms with E-state index in [2.05, 4.69) is 87.9 Å².